The molecular formula is C10H20N2O2. The van der Waals surface area contributed by atoms with E-state index in [0.717, 1.165) is 19.6 Å². The predicted molar refractivity (Wildman–Crippen MR) is 55.1 cm³/mol. The summed E-state index contributed by atoms with van der Waals surface area (Å²) in [4.78, 5) is 13.4. The fourth-order valence-corrected chi connectivity index (χ4v) is 1.77. The molecule has 1 aliphatic heterocycles. The van der Waals surface area contributed by atoms with E-state index in [9.17, 15) is 4.79 Å². The largest absolute Gasteiger partial charge is 0.376 e. The first-order valence-corrected chi connectivity index (χ1v) is 5.24. The summed E-state index contributed by atoms with van der Waals surface area (Å²) in [6.45, 7) is 6.04. The van der Waals surface area contributed by atoms with Crippen LogP contribution >= 0.6 is 0 Å². The zero-order valence-electron chi connectivity index (χ0n) is 9.25. The summed E-state index contributed by atoms with van der Waals surface area (Å²) in [6.07, 6.45) is 1.13. The van der Waals surface area contributed by atoms with E-state index >= 15 is 0 Å². The summed E-state index contributed by atoms with van der Waals surface area (Å²) in [5.41, 5.74) is 0. The smallest absolute Gasteiger partial charge is 0.236 e. The molecule has 4 heteroatoms. The summed E-state index contributed by atoms with van der Waals surface area (Å²) in [7, 11) is 1.86. The molecule has 0 radical (unpaired) electrons. The highest BCUT2D eigenvalue weighted by molar-refractivity contribution is 5.78. The zero-order valence-corrected chi connectivity index (χ0v) is 9.25. The molecule has 1 saturated heterocycles. The van der Waals surface area contributed by atoms with Crippen molar-refractivity contribution in [2.75, 3.05) is 26.7 Å². The van der Waals surface area contributed by atoms with Crippen LogP contribution in [0.4, 0.5) is 0 Å². The molecule has 0 aromatic carbocycles. The molecule has 0 aliphatic carbocycles. The molecular weight excluding hydrogens is 180 g/mol. The third kappa shape index (κ3) is 2.69. The number of likely N-dealkylation sites (N-methyl/N-ethyl adjacent to an activating group) is 2. The number of nitrogens with one attached hydrogen (secondary N) is 1. The van der Waals surface area contributed by atoms with Gasteiger partial charge in [0.05, 0.1) is 18.7 Å². The molecule has 1 rings (SSSR count). The van der Waals surface area contributed by atoms with Crippen molar-refractivity contribution >= 4 is 5.91 Å². The lowest BCUT2D eigenvalue weighted by Crippen LogP contribution is -2.44. The molecule has 0 bridgehead atoms. The van der Waals surface area contributed by atoms with Gasteiger partial charge in [-0.25, -0.2) is 0 Å². The van der Waals surface area contributed by atoms with Crippen LogP contribution in [0, 0.1) is 0 Å². The Morgan fingerprint density at radius 3 is 2.86 bits per heavy atom. The molecule has 1 fully saturated rings. The number of carbonyl (C=O) groups excluding carboxylic acids is 1. The Morgan fingerprint density at radius 2 is 2.36 bits per heavy atom. The second kappa shape index (κ2) is 5.32. The van der Waals surface area contributed by atoms with Gasteiger partial charge in [-0.3, -0.25) is 4.79 Å². The van der Waals surface area contributed by atoms with Crippen LogP contribution in [-0.4, -0.2) is 49.7 Å². The minimum absolute atomic E-state index is 0.147. The predicted octanol–water partition coefficient (Wildman–Crippen LogP) is 0.232. The van der Waals surface area contributed by atoms with E-state index in [1.807, 2.05) is 20.9 Å². The van der Waals surface area contributed by atoms with Gasteiger partial charge in [-0.1, -0.05) is 6.92 Å². The molecule has 0 saturated carbocycles. The van der Waals surface area contributed by atoms with Gasteiger partial charge in [-0.15, -0.1) is 0 Å². The zero-order chi connectivity index (χ0) is 10.6. The maximum Gasteiger partial charge on any atom is 0.236 e. The molecule has 1 heterocycles. The highest BCUT2D eigenvalue weighted by Crippen LogP contribution is 2.17. The lowest BCUT2D eigenvalue weighted by Gasteiger charge is -2.26. The molecule has 1 aliphatic rings. The van der Waals surface area contributed by atoms with E-state index < -0.39 is 0 Å². The third-order valence-corrected chi connectivity index (χ3v) is 2.75. The second-order valence-corrected chi connectivity index (χ2v) is 3.72. The Morgan fingerprint density at radius 1 is 1.64 bits per heavy atom. The van der Waals surface area contributed by atoms with Crippen molar-refractivity contribution in [3.05, 3.63) is 0 Å². The number of nitrogens with zero attached hydrogens (tertiary/aromatic N) is 1. The van der Waals surface area contributed by atoms with E-state index in [1.165, 1.54) is 0 Å². The first-order valence-electron chi connectivity index (χ1n) is 5.24. The molecule has 0 aromatic heterocycles. The van der Waals surface area contributed by atoms with Crippen LogP contribution in [0.25, 0.3) is 0 Å². The SMILES string of the molecule is CCNCC(=O)N(C)C1CCOC1C. The number of carbonyl (C=O) groups is 1. The lowest BCUT2D eigenvalue weighted by molar-refractivity contribution is -0.131. The second-order valence-electron chi connectivity index (χ2n) is 3.72. The number of rotatable bonds is 4. The van der Waals surface area contributed by atoms with Gasteiger partial charge in [0.15, 0.2) is 0 Å². The topological polar surface area (TPSA) is 41.6 Å². The Balaban J connectivity index is 2.39. The summed E-state index contributed by atoms with van der Waals surface area (Å²) >= 11 is 0. The van der Waals surface area contributed by atoms with E-state index in [1.54, 1.807) is 4.90 Å². The van der Waals surface area contributed by atoms with Gasteiger partial charge >= 0.3 is 0 Å². The van der Waals surface area contributed by atoms with Gasteiger partial charge in [-0.2, -0.15) is 0 Å². The lowest BCUT2D eigenvalue weighted by atomic mass is 10.1. The van der Waals surface area contributed by atoms with Crippen molar-refractivity contribution in [3.63, 3.8) is 0 Å². The Labute approximate surface area is 85.6 Å². The van der Waals surface area contributed by atoms with E-state index in [2.05, 4.69) is 5.32 Å². The van der Waals surface area contributed by atoms with Gasteiger partial charge in [0.2, 0.25) is 5.91 Å². The van der Waals surface area contributed by atoms with Gasteiger partial charge in [0.25, 0.3) is 0 Å². The van der Waals surface area contributed by atoms with E-state index in [-0.39, 0.29) is 18.1 Å². The normalized spacial score (nSPS) is 26.5. The van der Waals surface area contributed by atoms with Crippen molar-refractivity contribution < 1.29 is 9.53 Å². The van der Waals surface area contributed by atoms with Crippen LogP contribution < -0.4 is 5.32 Å². The molecule has 2 unspecified atom stereocenters. The Hall–Kier alpha value is -0.610. The third-order valence-electron chi connectivity index (χ3n) is 2.75. The molecule has 82 valence electrons. The molecule has 2 atom stereocenters. The number of amides is 1. The van der Waals surface area contributed by atoms with Gasteiger partial charge < -0.3 is 15.0 Å². The van der Waals surface area contributed by atoms with E-state index in [4.69, 9.17) is 4.74 Å². The standard InChI is InChI=1S/C10H20N2O2/c1-4-11-7-10(13)12(3)9-5-6-14-8(9)2/h8-9,11H,4-7H2,1-3H3. The summed E-state index contributed by atoms with van der Waals surface area (Å²) in [6, 6.07) is 0.251. The summed E-state index contributed by atoms with van der Waals surface area (Å²) in [5.74, 6) is 0.147. The van der Waals surface area contributed by atoms with Crippen LogP contribution in [0.3, 0.4) is 0 Å². The van der Waals surface area contributed by atoms with Crippen molar-refractivity contribution in [1.29, 1.82) is 0 Å². The van der Waals surface area contributed by atoms with Crippen molar-refractivity contribution in [2.24, 2.45) is 0 Å². The minimum atomic E-state index is 0.147. The monoisotopic (exact) mass is 200 g/mol. The average Bonchev–Trinajstić information content (AvgIpc) is 2.59. The fourth-order valence-electron chi connectivity index (χ4n) is 1.77. The maximum atomic E-state index is 11.6. The van der Waals surface area contributed by atoms with Crippen molar-refractivity contribution in [3.8, 4) is 0 Å². The van der Waals surface area contributed by atoms with Crippen LogP contribution in [0.1, 0.15) is 20.3 Å². The number of hydrogen-bond acceptors (Lipinski definition) is 3. The minimum Gasteiger partial charge on any atom is -0.376 e. The summed E-state index contributed by atoms with van der Waals surface area (Å²) in [5, 5.41) is 3.04. The van der Waals surface area contributed by atoms with Gasteiger partial charge in [-0.05, 0) is 19.9 Å². The first kappa shape index (κ1) is 11.5. The maximum absolute atomic E-state index is 11.6. The number of ether oxygens (including phenoxy) is 1. The van der Waals surface area contributed by atoms with Crippen LogP contribution in [0.15, 0.2) is 0 Å². The van der Waals surface area contributed by atoms with Crippen molar-refractivity contribution in [1.82, 2.24) is 10.2 Å². The highest BCUT2D eigenvalue weighted by atomic mass is 16.5. The molecule has 0 aromatic rings. The van der Waals surface area contributed by atoms with E-state index in [0.29, 0.717) is 6.54 Å². The summed E-state index contributed by atoms with van der Waals surface area (Å²) < 4.78 is 5.43. The molecule has 1 N–H and O–H groups in total. The number of hydrogen-bond donors (Lipinski definition) is 1. The van der Waals surface area contributed by atoms with Gasteiger partial charge in [0, 0.05) is 13.7 Å². The molecule has 1 amide bonds. The van der Waals surface area contributed by atoms with Gasteiger partial charge in [0.1, 0.15) is 0 Å². The quantitative estimate of drug-likeness (QED) is 0.706. The highest BCUT2D eigenvalue weighted by Gasteiger charge is 2.30. The van der Waals surface area contributed by atoms with Crippen LogP contribution in [0.5, 0.6) is 0 Å². The molecule has 0 spiro atoms. The van der Waals surface area contributed by atoms with Crippen molar-refractivity contribution in [2.45, 2.75) is 32.4 Å². The van der Waals surface area contributed by atoms with Crippen LogP contribution in [-0.2, 0) is 9.53 Å². The molecule has 4 nitrogen and oxygen atoms in total. The molecule has 14 heavy (non-hydrogen) atoms. The Bertz CT molecular complexity index is 197. The Kier molecular flexibility index (Phi) is 4.35. The first-order chi connectivity index (χ1) is 6.66. The average molecular weight is 200 g/mol. The fraction of sp³-hybridized carbons (Fsp3) is 0.900. The van der Waals surface area contributed by atoms with Crippen LogP contribution in [0.2, 0.25) is 0 Å².